The van der Waals surface area contributed by atoms with Gasteiger partial charge in [0.05, 0.1) is 5.69 Å². The number of carbonyl (C=O) groups excluding carboxylic acids is 2. The zero-order valence-electron chi connectivity index (χ0n) is 18.9. The van der Waals surface area contributed by atoms with Gasteiger partial charge in [0, 0.05) is 48.6 Å². The van der Waals surface area contributed by atoms with Gasteiger partial charge in [0.2, 0.25) is 11.8 Å². The molecule has 0 saturated carbocycles. The Labute approximate surface area is 188 Å². The highest BCUT2D eigenvalue weighted by atomic mass is 32.1. The molecule has 0 radical (unpaired) electrons. The Kier molecular flexibility index (Phi) is 6.32. The van der Waals surface area contributed by atoms with Gasteiger partial charge in [-0.3, -0.25) is 9.59 Å². The van der Waals surface area contributed by atoms with Crippen LogP contribution in [0.1, 0.15) is 42.0 Å². The molecule has 4 rings (SSSR count). The molecule has 2 amide bonds. The van der Waals surface area contributed by atoms with Gasteiger partial charge in [0.15, 0.2) is 5.13 Å². The maximum Gasteiger partial charge on any atom is 0.227 e. The fourth-order valence-electron chi connectivity index (χ4n) is 4.49. The van der Waals surface area contributed by atoms with E-state index in [2.05, 4.69) is 16.3 Å². The summed E-state index contributed by atoms with van der Waals surface area (Å²) in [7, 11) is 0. The van der Waals surface area contributed by atoms with E-state index in [-0.39, 0.29) is 23.7 Å². The van der Waals surface area contributed by atoms with Gasteiger partial charge in [-0.2, -0.15) is 0 Å². The highest BCUT2D eigenvalue weighted by Crippen LogP contribution is 2.35. The molecule has 6 nitrogen and oxygen atoms in total. The molecule has 1 saturated heterocycles. The Bertz CT molecular complexity index is 956. The first kappa shape index (κ1) is 21.8. The van der Waals surface area contributed by atoms with Crippen molar-refractivity contribution in [2.45, 2.75) is 47.0 Å². The summed E-state index contributed by atoms with van der Waals surface area (Å²) in [6.45, 7) is 11.2. The van der Waals surface area contributed by atoms with Crippen LogP contribution in [0.5, 0.6) is 0 Å². The fourth-order valence-corrected chi connectivity index (χ4v) is 5.73. The van der Waals surface area contributed by atoms with Gasteiger partial charge >= 0.3 is 0 Å². The van der Waals surface area contributed by atoms with E-state index in [4.69, 9.17) is 4.98 Å². The minimum Gasteiger partial charge on any atom is -0.345 e. The lowest BCUT2D eigenvalue weighted by Crippen LogP contribution is -2.49. The zero-order valence-corrected chi connectivity index (χ0v) is 19.7. The maximum atomic E-state index is 12.9. The number of thiazole rings is 1. The largest absolute Gasteiger partial charge is 0.345 e. The fraction of sp³-hybridized carbons (Fsp3) is 0.542. The molecule has 2 heterocycles. The lowest BCUT2D eigenvalue weighted by molar-refractivity contribution is -0.134. The smallest absolute Gasteiger partial charge is 0.227 e. The summed E-state index contributed by atoms with van der Waals surface area (Å²) in [6, 6.07) is 6.15. The van der Waals surface area contributed by atoms with Crippen molar-refractivity contribution in [3.63, 3.8) is 0 Å². The SMILES string of the molecule is Cc1cc(C)cc(NC(=O)[C@H]2CCc3nc(N4CCN(C(=O)C(C)C)CC4)sc3C2)c1. The van der Waals surface area contributed by atoms with E-state index in [9.17, 15) is 9.59 Å². The number of aromatic nitrogens is 1. The number of benzene rings is 1. The van der Waals surface area contributed by atoms with E-state index < -0.39 is 0 Å². The highest BCUT2D eigenvalue weighted by Gasteiger charge is 2.30. The molecule has 31 heavy (non-hydrogen) atoms. The van der Waals surface area contributed by atoms with Crippen molar-refractivity contribution in [3.8, 4) is 0 Å². The Hall–Kier alpha value is -2.41. The third-order valence-electron chi connectivity index (χ3n) is 6.14. The number of nitrogens with one attached hydrogen (secondary N) is 1. The lowest BCUT2D eigenvalue weighted by atomic mass is 9.90. The van der Waals surface area contributed by atoms with E-state index in [1.54, 1.807) is 11.3 Å². The number of amides is 2. The van der Waals surface area contributed by atoms with Crippen molar-refractivity contribution in [1.29, 1.82) is 0 Å². The average Bonchev–Trinajstić information content (AvgIpc) is 3.16. The van der Waals surface area contributed by atoms with Crippen molar-refractivity contribution in [2.75, 3.05) is 36.4 Å². The summed E-state index contributed by atoms with van der Waals surface area (Å²) in [4.78, 5) is 35.5. The van der Waals surface area contributed by atoms with Crippen LogP contribution >= 0.6 is 11.3 Å². The van der Waals surface area contributed by atoms with Gasteiger partial charge in [-0.1, -0.05) is 19.9 Å². The molecule has 1 aromatic heterocycles. The summed E-state index contributed by atoms with van der Waals surface area (Å²) in [6.07, 6.45) is 2.45. The van der Waals surface area contributed by atoms with Crippen molar-refractivity contribution in [1.82, 2.24) is 9.88 Å². The number of hydrogen-bond donors (Lipinski definition) is 1. The summed E-state index contributed by atoms with van der Waals surface area (Å²) in [5, 5.41) is 4.16. The third kappa shape index (κ3) is 4.92. The molecule has 1 aliphatic carbocycles. The van der Waals surface area contributed by atoms with Crippen LogP contribution in [0.4, 0.5) is 10.8 Å². The van der Waals surface area contributed by atoms with Gasteiger partial charge in [-0.25, -0.2) is 4.98 Å². The minimum atomic E-state index is -0.0119. The van der Waals surface area contributed by atoms with Crippen LogP contribution in [0.2, 0.25) is 0 Å². The minimum absolute atomic E-state index is 0.0119. The average molecular weight is 441 g/mol. The molecule has 2 aromatic rings. The van der Waals surface area contributed by atoms with Crippen molar-refractivity contribution >= 4 is 34.0 Å². The molecule has 166 valence electrons. The molecule has 1 aromatic carbocycles. The molecule has 7 heteroatoms. The van der Waals surface area contributed by atoms with Crippen LogP contribution in [0.25, 0.3) is 0 Å². The van der Waals surface area contributed by atoms with E-state index >= 15 is 0 Å². The second kappa shape index (κ2) is 8.99. The van der Waals surface area contributed by atoms with Crippen molar-refractivity contribution < 1.29 is 9.59 Å². The molecular weight excluding hydrogens is 408 g/mol. The molecule has 0 unspecified atom stereocenters. The van der Waals surface area contributed by atoms with Gasteiger partial charge in [0.1, 0.15) is 0 Å². The maximum absolute atomic E-state index is 12.9. The molecule has 0 bridgehead atoms. The van der Waals surface area contributed by atoms with Crippen LogP contribution in [-0.4, -0.2) is 47.9 Å². The Morgan fingerprint density at radius 1 is 1.10 bits per heavy atom. The third-order valence-corrected chi connectivity index (χ3v) is 7.32. The van der Waals surface area contributed by atoms with E-state index in [1.165, 1.54) is 4.88 Å². The monoisotopic (exact) mass is 440 g/mol. The topological polar surface area (TPSA) is 65.5 Å². The first-order valence-electron chi connectivity index (χ1n) is 11.2. The van der Waals surface area contributed by atoms with E-state index in [1.807, 2.05) is 44.7 Å². The number of nitrogens with zero attached hydrogens (tertiary/aromatic N) is 3. The van der Waals surface area contributed by atoms with Gasteiger partial charge in [-0.15, -0.1) is 11.3 Å². The number of aryl methyl sites for hydroxylation is 3. The Morgan fingerprint density at radius 3 is 2.42 bits per heavy atom. The second-order valence-electron chi connectivity index (χ2n) is 9.14. The number of carbonyl (C=O) groups is 2. The van der Waals surface area contributed by atoms with Gasteiger partial charge in [0.25, 0.3) is 0 Å². The predicted molar refractivity (Wildman–Crippen MR) is 126 cm³/mol. The van der Waals surface area contributed by atoms with Crippen molar-refractivity contribution in [2.24, 2.45) is 11.8 Å². The molecule has 1 fully saturated rings. The Balaban J connectivity index is 1.37. The van der Waals surface area contributed by atoms with Crippen LogP contribution in [0, 0.1) is 25.7 Å². The molecular formula is C24H32N4O2S. The standard InChI is InChI=1S/C24H32N4O2S/c1-15(2)23(30)27-7-9-28(10-8-27)24-26-20-6-5-18(14-21(20)31-24)22(29)25-19-12-16(3)11-17(4)13-19/h11-13,15,18H,5-10,14H2,1-4H3,(H,25,29)/t18-/m0/s1. The number of hydrogen-bond acceptors (Lipinski definition) is 5. The molecule has 1 aliphatic heterocycles. The van der Waals surface area contributed by atoms with Crippen LogP contribution in [0.3, 0.4) is 0 Å². The number of piperazine rings is 1. The van der Waals surface area contributed by atoms with Crippen molar-refractivity contribution in [3.05, 3.63) is 39.9 Å². The van der Waals surface area contributed by atoms with Crippen LogP contribution in [0.15, 0.2) is 18.2 Å². The number of rotatable bonds is 4. The van der Waals surface area contributed by atoms with E-state index in [0.717, 1.165) is 73.1 Å². The normalized spacial score (nSPS) is 18.8. The number of anilines is 2. The molecule has 1 N–H and O–H groups in total. The summed E-state index contributed by atoms with van der Waals surface area (Å²) in [5.74, 6) is 0.370. The van der Waals surface area contributed by atoms with E-state index in [0.29, 0.717) is 0 Å². The highest BCUT2D eigenvalue weighted by molar-refractivity contribution is 7.15. The lowest BCUT2D eigenvalue weighted by Gasteiger charge is -2.35. The summed E-state index contributed by atoms with van der Waals surface area (Å²) in [5.41, 5.74) is 4.34. The number of fused-ring (bicyclic) bond motifs is 1. The molecule has 0 spiro atoms. The first-order valence-corrected chi connectivity index (χ1v) is 12.0. The van der Waals surface area contributed by atoms with Gasteiger partial charge in [-0.05, 0) is 56.4 Å². The van der Waals surface area contributed by atoms with Crippen LogP contribution in [-0.2, 0) is 22.4 Å². The zero-order chi connectivity index (χ0) is 22.1. The second-order valence-corrected chi connectivity index (χ2v) is 10.2. The predicted octanol–water partition coefficient (Wildman–Crippen LogP) is 3.81. The molecule has 2 aliphatic rings. The summed E-state index contributed by atoms with van der Waals surface area (Å²) < 4.78 is 0. The Morgan fingerprint density at radius 2 is 1.77 bits per heavy atom. The van der Waals surface area contributed by atoms with Crippen LogP contribution < -0.4 is 10.2 Å². The molecule has 1 atom stereocenters. The van der Waals surface area contributed by atoms with Gasteiger partial charge < -0.3 is 15.1 Å². The first-order chi connectivity index (χ1) is 14.8. The summed E-state index contributed by atoms with van der Waals surface area (Å²) >= 11 is 1.72. The quantitative estimate of drug-likeness (QED) is 0.785.